The van der Waals surface area contributed by atoms with Crippen LogP contribution in [0.3, 0.4) is 0 Å². The lowest BCUT2D eigenvalue weighted by Crippen LogP contribution is -2.35. The summed E-state index contributed by atoms with van der Waals surface area (Å²) in [7, 11) is 0. The van der Waals surface area contributed by atoms with Gasteiger partial charge in [0.25, 0.3) is 0 Å². The molecular formula is C18H24N6O. The Hall–Kier alpha value is -2.62. The topological polar surface area (TPSA) is 88.9 Å². The molecule has 2 aromatic rings. The van der Waals surface area contributed by atoms with E-state index in [2.05, 4.69) is 19.9 Å². The molecule has 25 heavy (non-hydrogen) atoms. The van der Waals surface area contributed by atoms with E-state index in [1.54, 1.807) is 6.33 Å². The molecule has 0 aliphatic carbocycles. The molecule has 1 aliphatic rings. The summed E-state index contributed by atoms with van der Waals surface area (Å²) in [6, 6.07) is 3.98. The molecule has 1 N–H and O–H groups in total. The molecule has 0 spiro atoms. The monoisotopic (exact) mass is 340 g/mol. The molecule has 0 aromatic carbocycles. The van der Waals surface area contributed by atoms with Crippen LogP contribution in [-0.2, 0) is 4.79 Å². The first-order chi connectivity index (χ1) is 12.3. The number of hydrogen-bond donors (Lipinski definition) is 1. The fourth-order valence-corrected chi connectivity index (χ4v) is 3.39. The Bertz CT molecular complexity index is 749. The van der Waals surface area contributed by atoms with Crippen molar-refractivity contribution < 1.29 is 4.79 Å². The van der Waals surface area contributed by atoms with Gasteiger partial charge in [0.15, 0.2) is 0 Å². The molecule has 0 radical (unpaired) electrons. The highest BCUT2D eigenvalue weighted by atomic mass is 16.2. The van der Waals surface area contributed by atoms with Crippen LogP contribution in [0.5, 0.6) is 0 Å². The minimum absolute atomic E-state index is 0.0282. The summed E-state index contributed by atoms with van der Waals surface area (Å²) < 4.78 is 0. The van der Waals surface area contributed by atoms with Crippen LogP contribution >= 0.6 is 0 Å². The molecule has 0 atom stereocenters. The van der Waals surface area contributed by atoms with Crippen LogP contribution < -0.4 is 4.90 Å². The Morgan fingerprint density at radius 2 is 1.88 bits per heavy atom. The van der Waals surface area contributed by atoms with Crippen molar-refractivity contribution in [1.29, 1.82) is 5.26 Å². The minimum Gasteiger partial charge on any atom is -0.356 e. The molecule has 0 unspecified atom stereocenters. The highest BCUT2D eigenvalue weighted by Crippen LogP contribution is 2.23. The highest BCUT2D eigenvalue weighted by molar-refractivity contribution is 5.87. The predicted molar refractivity (Wildman–Crippen MR) is 96.0 cm³/mol. The van der Waals surface area contributed by atoms with E-state index in [9.17, 15) is 4.79 Å². The highest BCUT2D eigenvalue weighted by Gasteiger charge is 2.17. The van der Waals surface area contributed by atoms with Gasteiger partial charge in [-0.2, -0.15) is 5.26 Å². The first-order valence-electron chi connectivity index (χ1n) is 8.97. The summed E-state index contributed by atoms with van der Waals surface area (Å²) in [6.45, 7) is 3.26. The summed E-state index contributed by atoms with van der Waals surface area (Å²) in [5.41, 5.74) is 0.852. The molecule has 1 amide bonds. The number of nitrogens with zero attached hydrogens (tertiary/aromatic N) is 5. The maximum atomic E-state index is 12.1. The lowest BCUT2D eigenvalue weighted by atomic mass is 10.2. The van der Waals surface area contributed by atoms with E-state index in [1.807, 2.05) is 23.2 Å². The number of rotatable bonds is 2. The van der Waals surface area contributed by atoms with E-state index >= 15 is 0 Å². The molecule has 1 aliphatic heterocycles. The molecule has 1 fully saturated rings. The Morgan fingerprint density at radius 3 is 2.72 bits per heavy atom. The van der Waals surface area contributed by atoms with E-state index in [-0.39, 0.29) is 12.3 Å². The van der Waals surface area contributed by atoms with Gasteiger partial charge in [-0.25, -0.2) is 9.97 Å². The molecule has 7 heteroatoms. The van der Waals surface area contributed by atoms with Crippen molar-refractivity contribution in [2.24, 2.45) is 0 Å². The zero-order valence-electron chi connectivity index (χ0n) is 14.4. The van der Waals surface area contributed by atoms with Gasteiger partial charge in [-0.05, 0) is 25.3 Å². The smallest absolute Gasteiger partial charge is 0.236 e. The van der Waals surface area contributed by atoms with Crippen LogP contribution in [0.2, 0.25) is 0 Å². The molecule has 0 bridgehead atoms. The third-order valence-corrected chi connectivity index (χ3v) is 4.68. The van der Waals surface area contributed by atoms with Crippen LogP contribution in [0, 0.1) is 11.3 Å². The zero-order chi connectivity index (χ0) is 17.5. The van der Waals surface area contributed by atoms with Crippen molar-refractivity contribution in [3.8, 4) is 6.07 Å². The summed E-state index contributed by atoms with van der Waals surface area (Å²) >= 11 is 0. The van der Waals surface area contributed by atoms with Gasteiger partial charge in [-0.1, -0.05) is 12.8 Å². The number of fused-ring (bicyclic) bond motifs is 1. The van der Waals surface area contributed by atoms with Gasteiger partial charge in [-0.3, -0.25) is 4.79 Å². The molecule has 0 saturated carbocycles. The first-order valence-corrected chi connectivity index (χ1v) is 8.97. The maximum Gasteiger partial charge on any atom is 0.236 e. The minimum atomic E-state index is -0.0524. The average Bonchev–Trinajstić information content (AvgIpc) is 3.07. The van der Waals surface area contributed by atoms with Crippen LogP contribution in [-0.4, -0.2) is 51.9 Å². The Kier molecular flexibility index (Phi) is 5.83. The van der Waals surface area contributed by atoms with Crippen molar-refractivity contribution >= 4 is 22.8 Å². The number of nitriles is 1. The van der Waals surface area contributed by atoms with Crippen LogP contribution in [0.4, 0.5) is 5.82 Å². The lowest BCUT2D eigenvalue weighted by molar-refractivity contribution is -0.130. The number of aromatic nitrogens is 3. The quantitative estimate of drug-likeness (QED) is 0.907. The lowest BCUT2D eigenvalue weighted by Gasteiger charge is -2.26. The summed E-state index contributed by atoms with van der Waals surface area (Å²) in [4.78, 5) is 28.2. The summed E-state index contributed by atoms with van der Waals surface area (Å²) in [5.74, 6) is 0.906. The van der Waals surface area contributed by atoms with Crippen LogP contribution in [0.25, 0.3) is 11.0 Å². The number of amides is 1. The standard InChI is InChI=1S/C18H24N6O/c19-8-6-16(25)23-10-3-1-2-4-11-24(13-5-12-23)18-15-7-9-20-17(15)21-14-22-18/h7,9,14H,1-6,10-13H2,(H,20,21,22). The second-order valence-electron chi connectivity index (χ2n) is 6.41. The fraction of sp³-hybridized carbons (Fsp3) is 0.556. The summed E-state index contributed by atoms with van der Waals surface area (Å²) in [5, 5.41) is 9.82. The molecule has 3 heterocycles. The fourth-order valence-electron chi connectivity index (χ4n) is 3.39. The van der Waals surface area contributed by atoms with Crippen molar-refractivity contribution in [2.45, 2.75) is 38.5 Å². The second-order valence-corrected chi connectivity index (χ2v) is 6.41. The number of carbonyl (C=O) groups excluding carboxylic acids is 1. The number of H-pyrrole nitrogens is 1. The van der Waals surface area contributed by atoms with Crippen LogP contribution in [0.1, 0.15) is 38.5 Å². The number of hydrogen-bond acceptors (Lipinski definition) is 5. The van der Waals surface area contributed by atoms with Gasteiger partial charge in [-0.15, -0.1) is 0 Å². The molecule has 7 nitrogen and oxygen atoms in total. The van der Waals surface area contributed by atoms with Crippen molar-refractivity contribution in [1.82, 2.24) is 19.9 Å². The molecule has 2 aromatic heterocycles. The third-order valence-electron chi connectivity index (χ3n) is 4.68. The molecule has 132 valence electrons. The van der Waals surface area contributed by atoms with Crippen LogP contribution in [0.15, 0.2) is 18.6 Å². The third kappa shape index (κ3) is 4.27. The molecule has 3 rings (SSSR count). The Morgan fingerprint density at radius 1 is 1.12 bits per heavy atom. The van der Waals surface area contributed by atoms with E-state index in [1.165, 1.54) is 0 Å². The van der Waals surface area contributed by atoms with Gasteiger partial charge >= 0.3 is 0 Å². The number of anilines is 1. The molecule has 1 saturated heterocycles. The van der Waals surface area contributed by atoms with E-state index < -0.39 is 0 Å². The maximum absolute atomic E-state index is 12.1. The number of nitrogens with one attached hydrogen (secondary N) is 1. The van der Waals surface area contributed by atoms with Gasteiger partial charge in [0.1, 0.15) is 24.2 Å². The van der Waals surface area contributed by atoms with E-state index in [4.69, 9.17) is 5.26 Å². The second kappa shape index (κ2) is 8.47. The van der Waals surface area contributed by atoms with E-state index in [0.29, 0.717) is 6.54 Å². The van der Waals surface area contributed by atoms with E-state index in [0.717, 1.165) is 68.6 Å². The van der Waals surface area contributed by atoms with Crippen molar-refractivity contribution in [2.75, 3.05) is 31.1 Å². The van der Waals surface area contributed by atoms with Gasteiger partial charge < -0.3 is 14.8 Å². The molecular weight excluding hydrogens is 316 g/mol. The predicted octanol–water partition coefficient (Wildman–Crippen LogP) is 2.47. The normalized spacial score (nSPS) is 17.1. The zero-order valence-corrected chi connectivity index (χ0v) is 14.4. The number of carbonyl (C=O) groups is 1. The SMILES string of the molecule is N#CCC(=O)N1CCCCCCN(c2ncnc3[nH]ccc23)CCC1. The van der Waals surface area contributed by atoms with Gasteiger partial charge in [0.2, 0.25) is 5.91 Å². The largest absolute Gasteiger partial charge is 0.356 e. The average molecular weight is 340 g/mol. The summed E-state index contributed by atoms with van der Waals surface area (Å²) in [6.07, 6.45) is 8.69. The Labute approximate surface area is 147 Å². The first kappa shape index (κ1) is 17.2. The Balaban J connectivity index is 1.74. The number of aromatic amines is 1. The van der Waals surface area contributed by atoms with Crippen molar-refractivity contribution in [3.05, 3.63) is 18.6 Å². The van der Waals surface area contributed by atoms with Crippen molar-refractivity contribution in [3.63, 3.8) is 0 Å². The van der Waals surface area contributed by atoms with Gasteiger partial charge in [0.05, 0.1) is 11.5 Å². The van der Waals surface area contributed by atoms with Gasteiger partial charge in [0, 0.05) is 32.4 Å².